The Kier molecular flexibility index (Phi) is 12.3. The molecule has 1 rings (SSSR count). The molecule has 1 atom stereocenters. The zero-order valence-corrected chi connectivity index (χ0v) is 16.6. The number of alkyl carbamates (subject to hydrolysis) is 1. The van der Waals surface area contributed by atoms with Crippen LogP contribution in [0.1, 0.15) is 56.9 Å². The number of amides is 2. The van der Waals surface area contributed by atoms with Crippen molar-refractivity contribution in [2.75, 3.05) is 6.54 Å². The first-order valence-corrected chi connectivity index (χ1v) is 9.86. The molecular weight excluding hydrogens is 374 g/mol. The van der Waals surface area contributed by atoms with E-state index in [0.717, 1.165) is 12.0 Å². The van der Waals surface area contributed by atoms with Crippen LogP contribution in [0.3, 0.4) is 0 Å². The molecule has 3 N–H and O–H groups in total. The number of carbonyl (C=O) groups is 3. The van der Waals surface area contributed by atoms with Crippen LogP contribution >= 0.6 is 0 Å². The standard InChI is InChI=1S/C21H29N3O5/c22-14-8-2-6-12-18(20(26)27)24-19(25)13-7-3-9-15-23-21(28)29-16-17-10-4-1-5-11-17/h1,4-5,10-11,18H,2-3,6-9,12-13,15-16H2,(H,23,28)(H,24,25)(H,26,27)/t18-/m1/s1. The molecule has 0 aliphatic heterocycles. The number of unbranched alkanes of at least 4 members (excludes halogenated alkanes) is 4. The fourth-order valence-corrected chi connectivity index (χ4v) is 2.63. The molecule has 0 aromatic heterocycles. The van der Waals surface area contributed by atoms with Crippen LogP contribution in [-0.2, 0) is 20.9 Å². The number of nitriles is 1. The summed E-state index contributed by atoms with van der Waals surface area (Å²) in [6.07, 6.45) is 3.69. The molecule has 0 radical (unpaired) electrons. The lowest BCUT2D eigenvalue weighted by Crippen LogP contribution is -2.40. The number of nitrogens with zero attached hydrogens (tertiary/aromatic N) is 1. The number of hydrogen-bond acceptors (Lipinski definition) is 5. The molecule has 0 saturated carbocycles. The van der Waals surface area contributed by atoms with Gasteiger partial charge in [0, 0.05) is 19.4 Å². The van der Waals surface area contributed by atoms with Gasteiger partial charge in [0.1, 0.15) is 12.6 Å². The van der Waals surface area contributed by atoms with Crippen LogP contribution in [-0.4, -0.2) is 35.7 Å². The highest BCUT2D eigenvalue weighted by Gasteiger charge is 2.18. The first kappa shape index (κ1) is 24.0. The number of nitrogens with one attached hydrogen (secondary N) is 2. The number of aliphatic carboxylic acids is 1. The van der Waals surface area contributed by atoms with Crippen LogP contribution < -0.4 is 10.6 Å². The Hall–Kier alpha value is -3.08. The van der Waals surface area contributed by atoms with E-state index >= 15 is 0 Å². The Morgan fingerprint density at radius 3 is 2.52 bits per heavy atom. The van der Waals surface area contributed by atoms with Gasteiger partial charge in [-0.05, 0) is 37.7 Å². The summed E-state index contributed by atoms with van der Waals surface area (Å²) < 4.78 is 5.10. The van der Waals surface area contributed by atoms with Crippen molar-refractivity contribution in [1.29, 1.82) is 5.26 Å². The third-order valence-corrected chi connectivity index (χ3v) is 4.23. The second-order valence-electron chi connectivity index (χ2n) is 6.66. The minimum absolute atomic E-state index is 0.216. The van der Waals surface area contributed by atoms with Gasteiger partial charge < -0.3 is 20.5 Å². The van der Waals surface area contributed by atoms with E-state index in [4.69, 9.17) is 15.1 Å². The Morgan fingerprint density at radius 1 is 1.07 bits per heavy atom. The molecule has 0 saturated heterocycles. The summed E-state index contributed by atoms with van der Waals surface area (Å²) in [5.41, 5.74) is 0.915. The highest BCUT2D eigenvalue weighted by molar-refractivity contribution is 5.83. The van der Waals surface area contributed by atoms with Gasteiger partial charge in [0.15, 0.2) is 0 Å². The maximum absolute atomic E-state index is 11.9. The molecule has 1 aromatic rings. The average Bonchev–Trinajstić information content (AvgIpc) is 2.71. The third kappa shape index (κ3) is 12.1. The molecule has 1 aromatic carbocycles. The minimum Gasteiger partial charge on any atom is -0.480 e. The van der Waals surface area contributed by atoms with Gasteiger partial charge in [0.05, 0.1) is 6.07 Å². The van der Waals surface area contributed by atoms with Gasteiger partial charge in [-0.2, -0.15) is 5.26 Å². The first-order valence-electron chi connectivity index (χ1n) is 9.86. The summed E-state index contributed by atoms with van der Waals surface area (Å²) in [6, 6.07) is 10.5. The van der Waals surface area contributed by atoms with E-state index in [1.165, 1.54) is 0 Å². The molecule has 0 aliphatic carbocycles. The van der Waals surface area contributed by atoms with E-state index in [-0.39, 0.29) is 18.9 Å². The van der Waals surface area contributed by atoms with E-state index in [1.54, 1.807) is 0 Å². The predicted octanol–water partition coefficient (Wildman–Crippen LogP) is 3.13. The zero-order valence-electron chi connectivity index (χ0n) is 16.6. The van der Waals surface area contributed by atoms with Crippen LogP contribution in [0.2, 0.25) is 0 Å². The largest absolute Gasteiger partial charge is 0.480 e. The van der Waals surface area contributed by atoms with Gasteiger partial charge in [0.25, 0.3) is 0 Å². The molecule has 8 nitrogen and oxygen atoms in total. The van der Waals surface area contributed by atoms with Crippen LogP contribution in [0, 0.1) is 11.3 Å². The maximum Gasteiger partial charge on any atom is 0.407 e. The van der Waals surface area contributed by atoms with Gasteiger partial charge in [-0.3, -0.25) is 4.79 Å². The van der Waals surface area contributed by atoms with Crippen LogP contribution in [0.15, 0.2) is 30.3 Å². The van der Waals surface area contributed by atoms with Crippen molar-refractivity contribution >= 4 is 18.0 Å². The third-order valence-electron chi connectivity index (χ3n) is 4.23. The normalized spacial score (nSPS) is 11.1. The summed E-state index contributed by atoms with van der Waals surface area (Å²) in [6.45, 7) is 0.667. The summed E-state index contributed by atoms with van der Waals surface area (Å²) in [4.78, 5) is 34.7. The van der Waals surface area contributed by atoms with E-state index in [1.807, 2.05) is 36.4 Å². The van der Waals surface area contributed by atoms with Gasteiger partial charge in [-0.15, -0.1) is 0 Å². The predicted molar refractivity (Wildman–Crippen MR) is 107 cm³/mol. The summed E-state index contributed by atoms with van der Waals surface area (Å²) in [5, 5.41) is 22.8. The van der Waals surface area contributed by atoms with Crippen molar-refractivity contribution < 1.29 is 24.2 Å². The van der Waals surface area contributed by atoms with E-state index < -0.39 is 18.1 Å². The van der Waals surface area contributed by atoms with Crippen molar-refractivity contribution in [2.24, 2.45) is 0 Å². The number of benzene rings is 1. The van der Waals surface area contributed by atoms with Crippen molar-refractivity contribution in [2.45, 2.75) is 64.0 Å². The molecule has 158 valence electrons. The Morgan fingerprint density at radius 2 is 1.83 bits per heavy atom. The number of carboxylic acid groups (broad SMARTS) is 1. The quantitative estimate of drug-likeness (QED) is 0.409. The number of rotatable bonds is 14. The number of hydrogen-bond donors (Lipinski definition) is 3. The average molecular weight is 403 g/mol. The molecule has 0 bridgehead atoms. The van der Waals surface area contributed by atoms with E-state index in [0.29, 0.717) is 45.1 Å². The van der Waals surface area contributed by atoms with E-state index in [2.05, 4.69) is 10.6 Å². The summed E-state index contributed by atoms with van der Waals surface area (Å²) in [5.74, 6) is -1.36. The molecule has 0 aliphatic rings. The van der Waals surface area contributed by atoms with Crippen molar-refractivity contribution in [3.05, 3.63) is 35.9 Å². The summed E-state index contributed by atoms with van der Waals surface area (Å²) in [7, 11) is 0. The highest BCUT2D eigenvalue weighted by atomic mass is 16.5. The van der Waals surface area contributed by atoms with Gasteiger partial charge in [-0.25, -0.2) is 9.59 Å². The molecule has 2 amide bonds. The lowest BCUT2D eigenvalue weighted by Gasteiger charge is -2.14. The number of carbonyl (C=O) groups excluding carboxylic acids is 2. The van der Waals surface area contributed by atoms with Crippen LogP contribution in [0.5, 0.6) is 0 Å². The van der Waals surface area contributed by atoms with Gasteiger partial charge >= 0.3 is 12.1 Å². The lowest BCUT2D eigenvalue weighted by atomic mass is 10.1. The van der Waals surface area contributed by atoms with Crippen LogP contribution in [0.4, 0.5) is 4.79 Å². The molecule has 29 heavy (non-hydrogen) atoms. The fourth-order valence-electron chi connectivity index (χ4n) is 2.63. The minimum atomic E-state index is -1.06. The maximum atomic E-state index is 11.9. The van der Waals surface area contributed by atoms with Crippen LogP contribution in [0.25, 0.3) is 0 Å². The molecule has 0 spiro atoms. The summed E-state index contributed by atoms with van der Waals surface area (Å²) >= 11 is 0. The second kappa shape index (κ2) is 14.9. The van der Waals surface area contributed by atoms with Gasteiger partial charge in [0.2, 0.25) is 5.91 Å². The molecule has 0 fully saturated rings. The first-order chi connectivity index (χ1) is 14.0. The molecule has 8 heteroatoms. The number of ether oxygens (including phenoxy) is 1. The zero-order chi connectivity index (χ0) is 21.3. The second-order valence-corrected chi connectivity index (χ2v) is 6.66. The molecular formula is C21H29N3O5. The van der Waals surface area contributed by atoms with Gasteiger partial charge in [-0.1, -0.05) is 36.8 Å². The Balaban J connectivity index is 2.07. The number of carboxylic acids is 1. The molecule has 0 unspecified atom stereocenters. The van der Waals surface area contributed by atoms with E-state index in [9.17, 15) is 14.4 Å². The lowest BCUT2D eigenvalue weighted by molar-refractivity contribution is -0.142. The van der Waals surface area contributed by atoms with Crippen molar-refractivity contribution in [3.63, 3.8) is 0 Å². The smallest absolute Gasteiger partial charge is 0.407 e. The Labute approximate surface area is 171 Å². The van der Waals surface area contributed by atoms with Crippen molar-refractivity contribution in [1.82, 2.24) is 10.6 Å². The fraction of sp³-hybridized carbons (Fsp3) is 0.524. The highest BCUT2D eigenvalue weighted by Crippen LogP contribution is 2.06. The topological polar surface area (TPSA) is 129 Å². The monoisotopic (exact) mass is 403 g/mol. The molecule has 0 heterocycles. The Bertz CT molecular complexity index is 673. The van der Waals surface area contributed by atoms with Crippen molar-refractivity contribution in [3.8, 4) is 6.07 Å². The SMILES string of the molecule is N#CCCCC[C@@H](NC(=O)CCCCCNC(=O)OCc1ccccc1)C(=O)O.